The van der Waals surface area contributed by atoms with E-state index in [4.69, 9.17) is 4.74 Å². The van der Waals surface area contributed by atoms with Gasteiger partial charge in [-0.05, 0) is 68.1 Å². The zero-order valence-corrected chi connectivity index (χ0v) is 17.7. The average Bonchev–Trinajstić information content (AvgIpc) is 2.73. The molecule has 0 saturated carbocycles. The molecule has 2 aromatic carbocycles. The zero-order chi connectivity index (χ0) is 20.9. The van der Waals surface area contributed by atoms with Crippen LogP contribution in [-0.4, -0.2) is 37.8 Å². The van der Waals surface area contributed by atoms with E-state index in [0.29, 0.717) is 18.0 Å². The molecule has 1 atom stereocenters. The Hall–Kier alpha value is -2.38. The number of hydrogen-bond donors (Lipinski definition) is 1. The lowest BCUT2D eigenvalue weighted by Crippen LogP contribution is -2.41. The van der Waals surface area contributed by atoms with Crippen molar-refractivity contribution in [2.24, 2.45) is 0 Å². The van der Waals surface area contributed by atoms with Crippen molar-refractivity contribution in [2.45, 2.75) is 50.5 Å². The van der Waals surface area contributed by atoms with Gasteiger partial charge >= 0.3 is 0 Å². The molecule has 1 unspecified atom stereocenters. The number of benzene rings is 2. The van der Waals surface area contributed by atoms with Gasteiger partial charge in [0.15, 0.2) is 6.61 Å². The average molecular weight is 417 g/mol. The third-order valence-corrected chi connectivity index (χ3v) is 7.22. The number of nitrogens with one attached hydrogen (secondary N) is 1. The first kappa shape index (κ1) is 21.3. The summed E-state index contributed by atoms with van der Waals surface area (Å²) >= 11 is 0. The number of anilines is 1. The smallest absolute Gasteiger partial charge is 0.262 e. The number of nitrogens with zero attached hydrogens (tertiary/aromatic N) is 1. The molecule has 1 fully saturated rings. The number of amides is 1. The predicted octanol–water partition coefficient (Wildman–Crippen LogP) is 3.83. The Kier molecular flexibility index (Phi) is 6.92. The molecule has 1 aliphatic heterocycles. The quantitative estimate of drug-likeness (QED) is 0.744. The van der Waals surface area contributed by atoms with Gasteiger partial charge in [0, 0.05) is 18.3 Å². The summed E-state index contributed by atoms with van der Waals surface area (Å²) in [5.74, 6) is 0.333. The third-order valence-electron chi connectivity index (χ3n) is 5.19. The summed E-state index contributed by atoms with van der Waals surface area (Å²) in [6.07, 6.45) is 3.78. The molecular weight excluding hydrogens is 388 g/mol. The number of aryl methyl sites for hydroxylation is 1. The predicted molar refractivity (Wildman–Crippen MR) is 114 cm³/mol. The van der Waals surface area contributed by atoms with Crippen LogP contribution in [0, 0.1) is 0 Å². The van der Waals surface area contributed by atoms with Gasteiger partial charge in [-0.2, -0.15) is 4.31 Å². The van der Waals surface area contributed by atoms with E-state index in [2.05, 4.69) is 12.2 Å². The highest BCUT2D eigenvalue weighted by atomic mass is 32.2. The second kappa shape index (κ2) is 9.41. The molecule has 0 aromatic heterocycles. The van der Waals surface area contributed by atoms with Crippen molar-refractivity contribution in [3.05, 3.63) is 54.1 Å². The van der Waals surface area contributed by atoms with E-state index < -0.39 is 10.0 Å². The van der Waals surface area contributed by atoms with Crippen LogP contribution in [0.15, 0.2) is 53.4 Å². The largest absolute Gasteiger partial charge is 0.484 e. The van der Waals surface area contributed by atoms with Gasteiger partial charge in [-0.25, -0.2) is 8.42 Å². The summed E-state index contributed by atoms with van der Waals surface area (Å²) in [6, 6.07) is 13.9. The Morgan fingerprint density at radius 2 is 1.79 bits per heavy atom. The van der Waals surface area contributed by atoms with E-state index in [9.17, 15) is 13.2 Å². The Balaban J connectivity index is 1.57. The zero-order valence-electron chi connectivity index (χ0n) is 16.9. The Bertz CT molecular complexity index is 924. The van der Waals surface area contributed by atoms with Gasteiger partial charge in [0.1, 0.15) is 5.75 Å². The molecule has 1 amide bonds. The van der Waals surface area contributed by atoms with Gasteiger partial charge in [-0.3, -0.25) is 4.79 Å². The van der Waals surface area contributed by atoms with Crippen LogP contribution >= 0.6 is 0 Å². The second-order valence-corrected chi connectivity index (χ2v) is 9.21. The molecule has 0 radical (unpaired) electrons. The van der Waals surface area contributed by atoms with Crippen LogP contribution in [0.1, 0.15) is 38.7 Å². The summed E-state index contributed by atoms with van der Waals surface area (Å²) in [7, 11) is -3.51. The molecular formula is C22H28N2O4S. The number of carbonyl (C=O) groups excluding carboxylic acids is 1. The summed E-state index contributed by atoms with van der Waals surface area (Å²) in [5.41, 5.74) is 1.74. The van der Waals surface area contributed by atoms with Gasteiger partial charge in [-0.15, -0.1) is 0 Å². The van der Waals surface area contributed by atoms with Crippen LogP contribution < -0.4 is 10.1 Å². The summed E-state index contributed by atoms with van der Waals surface area (Å²) < 4.78 is 32.8. The molecule has 156 valence electrons. The molecule has 3 rings (SSSR count). The van der Waals surface area contributed by atoms with Crippen molar-refractivity contribution in [3.63, 3.8) is 0 Å². The maximum absolute atomic E-state index is 12.9. The minimum absolute atomic E-state index is 0.0108. The normalized spacial score (nSPS) is 17.7. The van der Waals surface area contributed by atoms with Crippen molar-refractivity contribution in [1.82, 2.24) is 4.31 Å². The number of piperidine rings is 1. The molecule has 1 aliphatic rings. The molecule has 0 bridgehead atoms. The van der Waals surface area contributed by atoms with Crippen LogP contribution in [-0.2, 0) is 21.2 Å². The topological polar surface area (TPSA) is 75.7 Å². The summed E-state index contributed by atoms with van der Waals surface area (Å²) in [4.78, 5) is 12.4. The first-order valence-electron chi connectivity index (χ1n) is 10.0. The minimum Gasteiger partial charge on any atom is -0.484 e. The molecule has 1 N–H and O–H groups in total. The molecule has 29 heavy (non-hydrogen) atoms. The standard InChI is InChI=1S/C22H28N2O4S/c1-3-18-7-11-20(12-8-18)28-16-22(25)23-19-9-13-21(14-10-19)29(26,27)24-15-5-4-6-17(24)2/h7-14,17H,3-6,15-16H2,1-2H3,(H,23,25). The Morgan fingerprint density at radius 1 is 1.10 bits per heavy atom. The molecule has 2 aromatic rings. The number of ether oxygens (including phenoxy) is 1. The second-order valence-electron chi connectivity index (χ2n) is 7.32. The monoisotopic (exact) mass is 416 g/mol. The van der Waals surface area contributed by atoms with Gasteiger partial charge in [0.2, 0.25) is 10.0 Å². The Labute approximate surface area is 172 Å². The lowest BCUT2D eigenvalue weighted by molar-refractivity contribution is -0.118. The number of sulfonamides is 1. The minimum atomic E-state index is -3.51. The van der Waals surface area contributed by atoms with Crippen LogP contribution in [0.4, 0.5) is 5.69 Å². The highest BCUT2D eigenvalue weighted by Crippen LogP contribution is 2.25. The molecule has 0 aliphatic carbocycles. The van der Waals surface area contributed by atoms with E-state index in [1.54, 1.807) is 16.4 Å². The van der Waals surface area contributed by atoms with Crippen molar-refractivity contribution in [2.75, 3.05) is 18.5 Å². The fourth-order valence-corrected chi connectivity index (χ4v) is 5.14. The number of hydrogen-bond acceptors (Lipinski definition) is 4. The van der Waals surface area contributed by atoms with Gasteiger partial charge in [-0.1, -0.05) is 25.5 Å². The SMILES string of the molecule is CCc1ccc(OCC(=O)Nc2ccc(S(=O)(=O)N3CCCCC3C)cc2)cc1. The van der Waals surface area contributed by atoms with E-state index >= 15 is 0 Å². The maximum Gasteiger partial charge on any atom is 0.262 e. The van der Waals surface area contributed by atoms with Crippen molar-refractivity contribution >= 4 is 21.6 Å². The third kappa shape index (κ3) is 5.36. The van der Waals surface area contributed by atoms with Gasteiger partial charge < -0.3 is 10.1 Å². The highest BCUT2D eigenvalue weighted by molar-refractivity contribution is 7.89. The first-order chi connectivity index (χ1) is 13.9. The molecule has 6 nitrogen and oxygen atoms in total. The highest BCUT2D eigenvalue weighted by Gasteiger charge is 2.30. The Morgan fingerprint density at radius 3 is 2.41 bits per heavy atom. The van der Waals surface area contributed by atoms with E-state index in [1.165, 1.54) is 17.7 Å². The van der Waals surface area contributed by atoms with Crippen LogP contribution in [0.3, 0.4) is 0 Å². The van der Waals surface area contributed by atoms with Crippen molar-refractivity contribution in [1.29, 1.82) is 0 Å². The molecule has 1 heterocycles. The number of rotatable bonds is 7. The maximum atomic E-state index is 12.9. The fourth-order valence-electron chi connectivity index (χ4n) is 3.44. The van der Waals surface area contributed by atoms with Gasteiger partial charge in [0.05, 0.1) is 4.90 Å². The molecule has 1 saturated heterocycles. The molecule has 0 spiro atoms. The lowest BCUT2D eigenvalue weighted by Gasteiger charge is -2.32. The number of carbonyl (C=O) groups is 1. The first-order valence-corrected chi connectivity index (χ1v) is 11.5. The van der Waals surface area contributed by atoms with E-state index in [-0.39, 0.29) is 23.5 Å². The van der Waals surface area contributed by atoms with Crippen LogP contribution in [0.2, 0.25) is 0 Å². The van der Waals surface area contributed by atoms with E-state index in [1.807, 2.05) is 31.2 Å². The van der Waals surface area contributed by atoms with Crippen LogP contribution in [0.25, 0.3) is 0 Å². The molecule has 7 heteroatoms. The fraction of sp³-hybridized carbons (Fsp3) is 0.409. The summed E-state index contributed by atoms with van der Waals surface area (Å²) in [5, 5.41) is 2.73. The van der Waals surface area contributed by atoms with Crippen molar-refractivity contribution in [3.8, 4) is 5.75 Å². The van der Waals surface area contributed by atoms with Crippen LogP contribution in [0.5, 0.6) is 5.75 Å². The lowest BCUT2D eigenvalue weighted by atomic mass is 10.1. The van der Waals surface area contributed by atoms with E-state index in [0.717, 1.165) is 25.7 Å². The van der Waals surface area contributed by atoms with Crippen molar-refractivity contribution < 1.29 is 17.9 Å². The van der Waals surface area contributed by atoms with Gasteiger partial charge in [0.25, 0.3) is 5.91 Å². The summed E-state index contributed by atoms with van der Waals surface area (Å²) in [6.45, 7) is 4.46.